The molecule has 0 unspecified atom stereocenters. The van der Waals surface area contributed by atoms with Gasteiger partial charge in [-0.15, -0.1) is 0 Å². The van der Waals surface area contributed by atoms with Crippen LogP contribution in [0, 0.1) is 0 Å². The molecule has 0 aromatic heterocycles. The smallest absolute Gasteiger partial charge is 0.172 e. The molecular weight excluding hydrogens is 320 g/mol. The molecule has 2 N–H and O–H groups in total. The zero-order valence-corrected chi connectivity index (χ0v) is 12.6. The number of phenolic OH excluding ortho intramolecular Hbond substituents is 1. The van der Waals surface area contributed by atoms with Gasteiger partial charge in [0.2, 0.25) is 0 Å². The van der Waals surface area contributed by atoms with E-state index >= 15 is 0 Å². The molecule has 0 radical (unpaired) electrons. The van der Waals surface area contributed by atoms with Crippen molar-refractivity contribution in [3.05, 3.63) is 58.1 Å². The fraction of sp³-hybridized carbons (Fsp3) is 0.133. The van der Waals surface area contributed by atoms with Gasteiger partial charge in [-0.2, -0.15) is 5.10 Å². The van der Waals surface area contributed by atoms with Gasteiger partial charge >= 0.3 is 0 Å². The van der Waals surface area contributed by atoms with E-state index in [1.54, 1.807) is 12.3 Å². The number of nitrogens with zero attached hydrogens (tertiary/aromatic N) is 1. The molecular formula is C15H15BrN2O2. The van der Waals surface area contributed by atoms with Crippen molar-refractivity contribution in [1.29, 1.82) is 0 Å². The zero-order valence-electron chi connectivity index (χ0n) is 11.0. The third kappa shape index (κ3) is 3.51. The lowest BCUT2D eigenvalue weighted by atomic mass is 10.2. The number of hydrogen-bond donors (Lipinski definition) is 2. The van der Waals surface area contributed by atoms with Crippen molar-refractivity contribution in [2.75, 3.05) is 7.11 Å². The van der Waals surface area contributed by atoms with Crippen LogP contribution in [0.15, 0.2) is 52.0 Å². The van der Waals surface area contributed by atoms with Crippen LogP contribution < -0.4 is 10.2 Å². The number of ether oxygens (including phenoxy) is 1. The maximum absolute atomic E-state index is 9.86. The lowest BCUT2D eigenvalue weighted by molar-refractivity contribution is 0.372. The number of halogens is 1. The maximum atomic E-state index is 9.86. The van der Waals surface area contributed by atoms with Gasteiger partial charge in [0.15, 0.2) is 11.5 Å². The Morgan fingerprint density at radius 2 is 2.00 bits per heavy atom. The van der Waals surface area contributed by atoms with E-state index in [0.717, 1.165) is 11.1 Å². The summed E-state index contributed by atoms with van der Waals surface area (Å²) in [4.78, 5) is 0. The predicted octanol–water partition coefficient (Wildman–Crippen LogP) is 3.29. The van der Waals surface area contributed by atoms with Gasteiger partial charge in [-0.1, -0.05) is 30.3 Å². The fourth-order valence-electron chi connectivity index (χ4n) is 1.67. The summed E-state index contributed by atoms with van der Waals surface area (Å²) in [7, 11) is 1.51. The third-order valence-electron chi connectivity index (χ3n) is 2.75. The molecule has 0 saturated carbocycles. The lowest BCUT2D eigenvalue weighted by Crippen LogP contribution is -2.05. The van der Waals surface area contributed by atoms with Gasteiger partial charge in [0.05, 0.1) is 24.3 Å². The van der Waals surface area contributed by atoms with Crippen LogP contribution in [0.1, 0.15) is 11.1 Å². The molecule has 104 valence electrons. The highest BCUT2D eigenvalue weighted by Gasteiger charge is 2.09. The molecule has 0 fully saturated rings. The monoisotopic (exact) mass is 334 g/mol. The SMILES string of the molecule is COc1ccc(C=NNCc2ccccc2)c(Br)c1O. The molecule has 0 aliphatic carbocycles. The number of phenols is 1. The first-order valence-corrected chi connectivity index (χ1v) is 6.87. The predicted molar refractivity (Wildman–Crippen MR) is 83.2 cm³/mol. The first kappa shape index (κ1) is 14.4. The van der Waals surface area contributed by atoms with Gasteiger partial charge in [-0.3, -0.25) is 0 Å². The van der Waals surface area contributed by atoms with Crippen LogP contribution >= 0.6 is 15.9 Å². The second kappa shape index (κ2) is 6.96. The molecule has 0 amide bonds. The van der Waals surface area contributed by atoms with E-state index in [2.05, 4.69) is 26.5 Å². The van der Waals surface area contributed by atoms with Gasteiger partial charge in [-0.25, -0.2) is 0 Å². The number of nitrogens with one attached hydrogen (secondary N) is 1. The van der Waals surface area contributed by atoms with Crippen molar-refractivity contribution < 1.29 is 9.84 Å². The van der Waals surface area contributed by atoms with Gasteiger partial charge in [0.25, 0.3) is 0 Å². The van der Waals surface area contributed by atoms with Crippen LogP contribution in [-0.2, 0) is 6.54 Å². The maximum Gasteiger partial charge on any atom is 0.172 e. The molecule has 5 heteroatoms. The van der Waals surface area contributed by atoms with Gasteiger partial charge in [0.1, 0.15) is 0 Å². The standard InChI is InChI=1S/C15H15BrN2O2/c1-20-13-8-7-12(14(16)15(13)19)10-18-17-9-11-5-3-2-4-6-11/h2-8,10,17,19H,9H2,1H3. The summed E-state index contributed by atoms with van der Waals surface area (Å²) in [5.74, 6) is 0.491. The van der Waals surface area contributed by atoms with Gasteiger partial charge < -0.3 is 15.3 Å². The van der Waals surface area contributed by atoms with E-state index in [-0.39, 0.29) is 5.75 Å². The Bertz CT molecular complexity index is 600. The molecule has 0 aliphatic heterocycles. The van der Waals surface area contributed by atoms with E-state index < -0.39 is 0 Å². The highest BCUT2D eigenvalue weighted by molar-refractivity contribution is 9.10. The van der Waals surface area contributed by atoms with Crippen molar-refractivity contribution in [3.8, 4) is 11.5 Å². The fourth-order valence-corrected chi connectivity index (χ4v) is 2.10. The average molecular weight is 335 g/mol. The molecule has 4 nitrogen and oxygen atoms in total. The van der Waals surface area contributed by atoms with Gasteiger partial charge in [-0.05, 0) is 33.6 Å². The highest BCUT2D eigenvalue weighted by Crippen LogP contribution is 2.35. The second-order valence-electron chi connectivity index (χ2n) is 4.10. The molecule has 0 heterocycles. The Morgan fingerprint density at radius 3 is 2.70 bits per heavy atom. The number of methoxy groups -OCH3 is 1. The molecule has 0 aliphatic rings. The molecule has 20 heavy (non-hydrogen) atoms. The van der Waals surface area contributed by atoms with E-state index in [0.29, 0.717) is 16.8 Å². The minimum atomic E-state index is 0.0690. The lowest BCUT2D eigenvalue weighted by Gasteiger charge is -2.07. The molecule has 2 aromatic rings. The van der Waals surface area contributed by atoms with Crippen LogP contribution in [0.25, 0.3) is 0 Å². The molecule has 0 saturated heterocycles. The van der Waals surface area contributed by atoms with Crippen LogP contribution in [0.2, 0.25) is 0 Å². The van der Waals surface area contributed by atoms with Crippen molar-refractivity contribution in [1.82, 2.24) is 5.43 Å². The Hall–Kier alpha value is -2.01. The summed E-state index contributed by atoms with van der Waals surface area (Å²) >= 11 is 3.32. The van der Waals surface area contributed by atoms with E-state index in [4.69, 9.17) is 4.74 Å². The van der Waals surface area contributed by atoms with Crippen molar-refractivity contribution in [3.63, 3.8) is 0 Å². The first-order chi connectivity index (χ1) is 9.72. The first-order valence-electron chi connectivity index (χ1n) is 6.07. The number of benzene rings is 2. The largest absolute Gasteiger partial charge is 0.503 e. The quantitative estimate of drug-likeness (QED) is 0.651. The van der Waals surface area contributed by atoms with E-state index in [9.17, 15) is 5.11 Å². The minimum Gasteiger partial charge on any atom is -0.503 e. The molecule has 0 bridgehead atoms. The highest BCUT2D eigenvalue weighted by atomic mass is 79.9. The topological polar surface area (TPSA) is 53.8 Å². The Labute approximate surface area is 126 Å². The number of hydrogen-bond acceptors (Lipinski definition) is 4. The zero-order chi connectivity index (χ0) is 14.4. The number of hydrazone groups is 1. The minimum absolute atomic E-state index is 0.0690. The molecule has 2 rings (SSSR count). The van der Waals surface area contributed by atoms with Crippen molar-refractivity contribution in [2.45, 2.75) is 6.54 Å². The summed E-state index contributed by atoms with van der Waals surface area (Å²) < 4.78 is 5.58. The Balaban J connectivity index is 2.00. The van der Waals surface area contributed by atoms with E-state index in [1.165, 1.54) is 7.11 Å². The molecule has 0 atom stereocenters. The van der Waals surface area contributed by atoms with Crippen LogP contribution in [0.4, 0.5) is 0 Å². The van der Waals surface area contributed by atoms with Gasteiger partial charge in [0, 0.05) is 5.56 Å². The van der Waals surface area contributed by atoms with Crippen LogP contribution in [-0.4, -0.2) is 18.4 Å². The Kier molecular flexibility index (Phi) is 5.01. The van der Waals surface area contributed by atoms with Crippen molar-refractivity contribution >= 4 is 22.1 Å². The Morgan fingerprint density at radius 1 is 1.25 bits per heavy atom. The normalized spacial score (nSPS) is 10.7. The summed E-state index contributed by atoms with van der Waals surface area (Å²) in [6, 6.07) is 13.5. The van der Waals surface area contributed by atoms with Crippen LogP contribution in [0.5, 0.6) is 11.5 Å². The summed E-state index contributed by atoms with van der Waals surface area (Å²) in [6.07, 6.45) is 1.65. The summed E-state index contributed by atoms with van der Waals surface area (Å²) in [6.45, 7) is 0.650. The van der Waals surface area contributed by atoms with Crippen molar-refractivity contribution in [2.24, 2.45) is 5.10 Å². The summed E-state index contributed by atoms with van der Waals surface area (Å²) in [5.41, 5.74) is 4.88. The average Bonchev–Trinajstić information content (AvgIpc) is 2.49. The number of aromatic hydroxyl groups is 1. The third-order valence-corrected chi connectivity index (χ3v) is 3.58. The molecule has 0 spiro atoms. The van der Waals surface area contributed by atoms with Crippen LogP contribution in [0.3, 0.4) is 0 Å². The number of rotatable bonds is 5. The second-order valence-corrected chi connectivity index (χ2v) is 4.89. The summed E-state index contributed by atoms with van der Waals surface area (Å²) in [5, 5.41) is 14.0. The molecule has 2 aromatic carbocycles. The van der Waals surface area contributed by atoms with E-state index in [1.807, 2.05) is 36.4 Å².